The van der Waals surface area contributed by atoms with Crippen LogP contribution >= 0.6 is 0 Å². The van der Waals surface area contributed by atoms with E-state index in [2.05, 4.69) is 18.3 Å². The molecule has 1 amide bonds. The van der Waals surface area contributed by atoms with E-state index in [0.717, 1.165) is 28.8 Å². The number of aryl methyl sites for hydroxylation is 4. The summed E-state index contributed by atoms with van der Waals surface area (Å²) >= 11 is 0. The highest BCUT2D eigenvalue weighted by molar-refractivity contribution is 6.06. The van der Waals surface area contributed by atoms with Gasteiger partial charge in [-0.2, -0.15) is 0 Å². The molecule has 0 saturated heterocycles. The van der Waals surface area contributed by atoms with E-state index in [1.165, 1.54) is 11.1 Å². The summed E-state index contributed by atoms with van der Waals surface area (Å²) in [5.41, 5.74) is 6.08. The third kappa shape index (κ3) is 3.08. The van der Waals surface area contributed by atoms with Gasteiger partial charge in [0.05, 0.1) is 0 Å². The van der Waals surface area contributed by atoms with Gasteiger partial charge in [0.15, 0.2) is 0 Å². The quantitative estimate of drug-likeness (QED) is 0.876. The Hall–Kier alpha value is -2.09. The molecule has 0 radical (unpaired) electrons. The summed E-state index contributed by atoms with van der Waals surface area (Å²) in [6, 6.07) is 12.1. The number of carbonyl (C=O) groups excluding carboxylic acids is 1. The molecule has 0 bridgehead atoms. The zero-order chi connectivity index (χ0) is 14.7. The van der Waals surface area contributed by atoms with Crippen LogP contribution in [0.3, 0.4) is 0 Å². The Bertz CT molecular complexity index is 621. The molecule has 0 aliphatic rings. The fourth-order valence-electron chi connectivity index (χ4n) is 2.60. The minimum atomic E-state index is -0.0340. The highest BCUT2D eigenvalue weighted by Gasteiger charge is 2.13. The van der Waals surface area contributed by atoms with Crippen LogP contribution in [0.2, 0.25) is 0 Å². The Morgan fingerprint density at radius 3 is 2.30 bits per heavy atom. The first-order chi connectivity index (χ1) is 9.51. The molecule has 2 aromatic carbocycles. The second kappa shape index (κ2) is 5.91. The molecule has 0 aliphatic heterocycles. The number of carbonyl (C=O) groups is 1. The predicted octanol–water partition coefficient (Wildman–Crippen LogP) is 4.43. The van der Waals surface area contributed by atoms with Crippen LogP contribution in [-0.2, 0) is 6.42 Å². The number of hydrogen-bond acceptors (Lipinski definition) is 1. The first-order valence-electron chi connectivity index (χ1n) is 6.99. The number of rotatable bonds is 3. The van der Waals surface area contributed by atoms with Gasteiger partial charge in [-0.3, -0.25) is 4.79 Å². The summed E-state index contributed by atoms with van der Waals surface area (Å²) in [6.45, 7) is 8.12. The summed E-state index contributed by atoms with van der Waals surface area (Å²) in [7, 11) is 0. The molecular weight excluding hydrogens is 246 g/mol. The van der Waals surface area contributed by atoms with Gasteiger partial charge in [0.1, 0.15) is 0 Å². The van der Waals surface area contributed by atoms with Crippen LogP contribution < -0.4 is 5.32 Å². The van der Waals surface area contributed by atoms with Gasteiger partial charge in [0, 0.05) is 11.3 Å². The number of amides is 1. The second-order valence-corrected chi connectivity index (χ2v) is 5.28. The Morgan fingerprint density at radius 2 is 1.70 bits per heavy atom. The van der Waals surface area contributed by atoms with Crippen molar-refractivity contribution in [3.8, 4) is 0 Å². The van der Waals surface area contributed by atoms with Gasteiger partial charge in [0.2, 0.25) is 0 Å². The van der Waals surface area contributed by atoms with Crippen LogP contribution in [0.1, 0.15) is 39.5 Å². The summed E-state index contributed by atoms with van der Waals surface area (Å²) in [6.07, 6.45) is 0.965. The van der Waals surface area contributed by atoms with Crippen molar-refractivity contribution in [2.75, 3.05) is 5.32 Å². The van der Waals surface area contributed by atoms with Crippen molar-refractivity contribution in [1.82, 2.24) is 0 Å². The van der Waals surface area contributed by atoms with Crippen LogP contribution in [0.5, 0.6) is 0 Å². The van der Waals surface area contributed by atoms with Gasteiger partial charge >= 0.3 is 0 Å². The van der Waals surface area contributed by atoms with Crippen molar-refractivity contribution in [2.45, 2.75) is 34.1 Å². The molecule has 2 aromatic rings. The lowest BCUT2D eigenvalue weighted by molar-refractivity contribution is 0.102. The van der Waals surface area contributed by atoms with Gasteiger partial charge in [-0.05, 0) is 56.0 Å². The highest BCUT2D eigenvalue weighted by atomic mass is 16.1. The van der Waals surface area contributed by atoms with Gasteiger partial charge in [-0.1, -0.05) is 36.8 Å². The molecule has 0 aromatic heterocycles. The van der Waals surface area contributed by atoms with Gasteiger partial charge < -0.3 is 5.32 Å². The molecule has 1 N–H and O–H groups in total. The molecule has 0 unspecified atom stereocenters. The molecule has 0 aliphatic carbocycles. The number of hydrogen-bond donors (Lipinski definition) is 1. The van der Waals surface area contributed by atoms with Crippen LogP contribution in [0.15, 0.2) is 36.4 Å². The standard InChI is InChI=1S/C18H21NO/c1-5-15-7-6-8-16(11-15)19-18(20)17-13(3)9-12(2)10-14(17)4/h6-11H,5H2,1-4H3,(H,19,20). The Morgan fingerprint density at radius 1 is 1.05 bits per heavy atom. The number of benzene rings is 2. The maximum Gasteiger partial charge on any atom is 0.256 e. The van der Waals surface area contributed by atoms with E-state index < -0.39 is 0 Å². The van der Waals surface area contributed by atoms with Crippen LogP contribution in [0.25, 0.3) is 0 Å². The average molecular weight is 267 g/mol. The minimum absolute atomic E-state index is 0.0340. The van der Waals surface area contributed by atoms with E-state index in [1.54, 1.807) is 0 Å². The molecule has 0 atom stereocenters. The number of nitrogens with one attached hydrogen (secondary N) is 1. The normalized spacial score (nSPS) is 10.4. The van der Waals surface area contributed by atoms with Gasteiger partial charge in [-0.25, -0.2) is 0 Å². The molecule has 2 nitrogen and oxygen atoms in total. The average Bonchev–Trinajstić information content (AvgIpc) is 2.37. The van der Waals surface area contributed by atoms with Gasteiger partial charge in [0.25, 0.3) is 5.91 Å². The predicted molar refractivity (Wildman–Crippen MR) is 84.4 cm³/mol. The Kier molecular flexibility index (Phi) is 4.23. The molecule has 0 saturated carbocycles. The molecule has 20 heavy (non-hydrogen) atoms. The molecule has 0 heterocycles. The van der Waals surface area contributed by atoms with Crippen LogP contribution in [0, 0.1) is 20.8 Å². The van der Waals surface area contributed by atoms with Crippen LogP contribution in [-0.4, -0.2) is 5.91 Å². The fraction of sp³-hybridized carbons (Fsp3) is 0.278. The number of anilines is 1. The smallest absolute Gasteiger partial charge is 0.256 e. The molecule has 0 spiro atoms. The third-order valence-electron chi connectivity index (χ3n) is 3.50. The lowest BCUT2D eigenvalue weighted by Crippen LogP contribution is -2.15. The minimum Gasteiger partial charge on any atom is -0.322 e. The van der Waals surface area contributed by atoms with Crippen molar-refractivity contribution < 1.29 is 4.79 Å². The van der Waals surface area contributed by atoms with E-state index in [4.69, 9.17) is 0 Å². The Labute approximate surface area is 120 Å². The van der Waals surface area contributed by atoms with E-state index in [9.17, 15) is 4.79 Å². The maximum atomic E-state index is 12.5. The lowest BCUT2D eigenvalue weighted by Gasteiger charge is -2.12. The third-order valence-corrected chi connectivity index (χ3v) is 3.50. The van der Waals surface area contributed by atoms with Crippen molar-refractivity contribution >= 4 is 11.6 Å². The lowest BCUT2D eigenvalue weighted by atomic mass is 9.99. The topological polar surface area (TPSA) is 29.1 Å². The molecule has 0 fully saturated rings. The van der Waals surface area contributed by atoms with E-state index >= 15 is 0 Å². The Balaban J connectivity index is 2.28. The highest BCUT2D eigenvalue weighted by Crippen LogP contribution is 2.19. The zero-order valence-corrected chi connectivity index (χ0v) is 12.6. The largest absolute Gasteiger partial charge is 0.322 e. The second-order valence-electron chi connectivity index (χ2n) is 5.28. The SMILES string of the molecule is CCc1cccc(NC(=O)c2c(C)cc(C)cc2C)c1. The zero-order valence-electron chi connectivity index (χ0n) is 12.6. The first kappa shape index (κ1) is 14.3. The summed E-state index contributed by atoms with van der Waals surface area (Å²) in [5, 5.41) is 3.00. The van der Waals surface area contributed by atoms with Crippen molar-refractivity contribution in [3.63, 3.8) is 0 Å². The van der Waals surface area contributed by atoms with E-state index in [0.29, 0.717) is 0 Å². The van der Waals surface area contributed by atoms with E-state index in [1.807, 2.05) is 51.1 Å². The van der Waals surface area contributed by atoms with Crippen LogP contribution in [0.4, 0.5) is 5.69 Å². The van der Waals surface area contributed by atoms with Crippen molar-refractivity contribution in [3.05, 3.63) is 64.2 Å². The molecular formula is C18H21NO. The van der Waals surface area contributed by atoms with Gasteiger partial charge in [-0.15, -0.1) is 0 Å². The summed E-state index contributed by atoms with van der Waals surface area (Å²) < 4.78 is 0. The molecule has 2 rings (SSSR count). The fourth-order valence-corrected chi connectivity index (χ4v) is 2.60. The first-order valence-corrected chi connectivity index (χ1v) is 6.99. The van der Waals surface area contributed by atoms with Crippen molar-refractivity contribution in [2.24, 2.45) is 0 Å². The molecule has 104 valence electrons. The summed E-state index contributed by atoms with van der Waals surface area (Å²) in [4.78, 5) is 12.5. The van der Waals surface area contributed by atoms with Crippen molar-refractivity contribution in [1.29, 1.82) is 0 Å². The monoisotopic (exact) mass is 267 g/mol. The summed E-state index contributed by atoms with van der Waals surface area (Å²) in [5.74, 6) is -0.0340. The molecule has 2 heteroatoms. The van der Waals surface area contributed by atoms with E-state index in [-0.39, 0.29) is 5.91 Å². The maximum absolute atomic E-state index is 12.5.